The summed E-state index contributed by atoms with van der Waals surface area (Å²) in [6, 6.07) is 4.12. The Bertz CT molecular complexity index is 610. The summed E-state index contributed by atoms with van der Waals surface area (Å²) in [5.41, 5.74) is 0. The van der Waals surface area contributed by atoms with Gasteiger partial charge < -0.3 is 15.5 Å². The molecule has 2 heterocycles. The monoisotopic (exact) mass is 490 g/mol. The van der Waals surface area contributed by atoms with Crippen LogP contribution in [0.1, 0.15) is 33.1 Å². The minimum absolute atomic E-state index is 0. The minimum atomic E-state index is -0.256. The van der Waals surface area contributed by atoms with Gasteiger partial charge in [0.1, 0.15) is 0 Å². The fraction of sp³-hybridized carbons (Fsp3) is 0.684. The van der Waals surface area contributed by atoms with Crippen LogP contribution < -0.4 is 15.5 Å². The molecule has 152 valence electrons. The van der Waals surface area contributed by atoms with Gasteiger partial charge in [0.15, 0.2) is 17.6 Å². The highest BCUT2D eigenvalue weighted by atomic mass is 127. The van der Waals surface area contributed by atoms with E-state index in [-0.39, 0.29) is 35.8 Å². The number of hydrogen-bond donors (Lipinski definition) is 2. The van der Waals surface area contributed by atoms with Gasteiger partial charge in [-0.15, -0.1) is 24.0 Å². The van der Waals surface area contributed by atoms with Gasteiger partial charge in [0.2, 0.25) is 0 Å². The molecule has 1 aromatic heterocycles. The van der Waals surface area contributed by atoms with Crippen molar-refractivity contribution in [3.63, 3.8) is 0 Å². The Morgan fingerprint density at radius 1 is 1.37 bits per heavy atom. The smallest absolute Gasteiger partial charge is 0.191 e. The number of halogens is 2. The van der Waals surface area contributed by atoms with E-state index < -0.39 is 0 Å². The van der Waals surface area contributed by atoms with Crippen molar-refractivity contribution in [2.24, 2.45) is 4.99 Å². The highest BCUT2D eigenvalue weighted by Crippen LogP contribution is 2.26. The third-order valence-electron chi connectivity index (χ3n) is 5.04. The molecule has 0 spiro atoms. The van der Waals surface area contributed by atoms with Gasteiger partial charge >= 0.3 is 0 Å². The molecule has 27 heavy (non-hydrogen) atoms. The lowest BCUT2D eigenvalue weighted by Gasteiger charge is -2.21. The summed E-state index contributed by atoms with van der Waals surface area (Å²) < 4.78 is 13.9. The molecule has 0 bridgehead atoms. The molecule has 1 aliphatic carbocycles. The molecule has 1 atom stereocenters. The SMILES string of the molecule is CCNC(=NCCN(CC)C1CC1)NC1CCN(c2ncccc2F)C1.I. The van der Waals surface area contributed by atoms with Gasteiger partial charge in [0.25, 0.3) is 0 Å². The zero-order valence-electron chi connectivity index (χ0n) is 16.3. The molecule has 1 aliphatic heterocycles. The third kappa shape index (κ3) is 6.44. The number of likely N-dealkylation sites (N-methyl/N-ethyl adjacent to an activating group) is 1. The normalized spacial score (nSPS) is 19.9. The van der Waals surface area contributed by atoms with Crippen LogP contribution in [-0.4, -0.2) is 67.2 Å². The fourth-order valence-electron chi connectivity index (χ4n) is 3.52. The molecule has 3 rings (SSSR count). The topological polar surface area (TPSA) is 55.8 Å². The molecule has 2 fully saturated rings. The largest absolute Gasteiger partial charge is 0.357 e. The van der Waals surface area contributed by atoms with Crippen LogP contribution in [0.2, 0.25) is 0 Å². The molecule has 0 aromatic carbocycles. The van der Waals surface area contributed by atoms with Gasteiger partial charge in [-0.2, -0.15) is 0 Å². The summed E-state index contributed by atoms with van der Waals surface area (Å²) in [5, 5.41) is 6.83. The van der Waals surface area contributed by atoms with Crippen molar-refractivity contribution in [2.75, 3.05) is 44.2 Å². The number of guanidine groups is 1. The molecule has 6 nitrogen and oxygen atoms in total. The van der Waals surface area contributed by atoms with E-state index in [0.29, 0.717) is 5.82 Å². The van der Waals surface area contributed by atoms with Crippen LogP contribution in [0.3, 0.4) is 0 Å². The first-order valence-electron chi connectivity index (χ1n) is 9.85. The standard InChI is InChI=1S/C19H31FN6.HI/c1-3-21-19(23-11-13-25(4-2)16-7-8-16)24-15-9-12-26(14-15)18-17(20)6-5-10-22-18;/h5-6,10,15-16H,3-4,7-9,11-14H2,1-2H3,(H2,21,23,24);1H. The molecule has 2 aliphatic rings. The number of pyridine rings is 1. The second kappa shape index (κ2) is 11.0. The summed E-state index contributed by atoms with van der Waals surface area (Å²) in [6.45, 7) is 9.56. The minimum Gasteiger partial charge on any atom is -0.357 e. The van der Waals surface area contributed by atoms with Crippen LogP contribution in [0.4, 0.5) is 10.2 Å². The predicted molar refractivity (Wildman–Crippen MR) is 120 cm³/mol. The molecular formula is C19H32FIN6. The maximum absolute atomic E-state index is 13.9. The van der Waals surface area contributed by atoms with Crippen molar-refractivity contribution >= 4 is 35.8 Å². The van der Waals surface area contributed by atoms with Gasteiger partial charge in [0, 0.05) is 44.5 Å². The van der Waals surface area contributed by atoms with Crippen molar-refractivity contribution in [3.8, 4) is 0 Å². The van der Waals surface area contributed by atoms with Crippen LogP contribution >= 0.6 is 24.0 Å². The van der Waals surface area contributed by atoms with Crippen LogP contribution in [0.5, 0.6) is 0 Å². The Morgan fingerprint density at radius 2 is 2.19 bits per heavy atom. The summed E-state index contributed by atoms with van der Waals surface area (Å²) in [4.78, 5) is 13.4. The Morgan fingerprint density at radius 3 is 2.85 bits per heavy atom. The molecule has 1 aromatic rings. The summed E-state index contributed by atoms with van der Waals surface area (Å²) in [6.07, 6.45) is 5.25. The second-order valence-electron chi connectivity index (χ2n) is 7.01. The molecule has 1 saturated heterocycles. The number of nitrogens with zero attached hydrogens (tertiary/aromatic N) is 4. The van der Waals surface area contributed by atoms with Crippen LogP contribution in [-0.2, 0) is 0 Å². The second-order valence-corrected chi connectivity index (χ2v) is 7.01. The van der Waals surface area contributed by atoms with Crippen molar-refractivity contribution in [3.05, 3.63) is 24.1 Å². The first kappa shape index (κ1) is 22.1. The Labute approximate surface area is 179 Å². The average Bonchev–Trinajstić information content (AvgIpc) is 3.38. The van der Waals surface area contributed by atoms with Gasteiger partial charge in [0.05, 0.1) is 6.54 Å². The lowest BCUT2D eigenvalue weighted by molar-refractivity contribution is 0.286. The van der Waals surface area contributed by atoms with Gasteiger partial charge in [-0.05, 0) is 44.9 Å². The number of hydrogen-bond acceptors (Lipinski definition) is 4. The van der Waals surface area contributed by atoms with E-state index in [1.54, 1.807) is 12.3 Å². The van der Waals surface area contributed by atoms with E-state index >= 15 is 0 Å². The Balaban J connectivity index is 0.00000261. The molecule has 1 unspecified atom stereocenters. The highest BCUT2D eigenvalue weighted by molar-refractivity contribution is 14.0. The number of rotatable bonds is 8. The number of nitrogens with one attached hydrogen (secondary N) is 2. The third-order valence-corrected chi connectivity index (χ3v) is 5.04. The molecule has 2 N–H and O–H groups in total. The van der Waals surface area contributed by atoms with E-state index in [0.717, 1.165) is 57.7 Å². The Kier molecular flexibility index (Phi) is 9.01. The van der Waals surface area contributed by atoms with Crippen molar-refractivity contribution < 1.29 is 4.39 Å². The van der Waals surface area contributed by atoms with Crippen molar-refractivity contribution in [2.45, 2.75) is 45.2 Å². The van der Waals surface area contributed by atoms with Crippen LogP contribution in [0.25, 0.3) is 0 Å². The molecule has 8 heteroatoms. The highest BCUT2D eigenvalue weighted by Gasteiger charge is 2.28. The number of aliphatic imine (C=N–C) groups is 1. The van der Waals surface area contributed by atoms with Crippen molar-refractivity contribution in [1.82, 2.24) is 20.5 Å². The predicted octanol–water partition coefficient (Wildman–Crippen LogP) is 2.46. The van der Waals surface area contributed by atoms with E-state index in [2.05, 4.69) is 34.4 Å². The zero-order valence-corrected chi connectivity index (χ0v) is 18.7. The van der Waals surface area contributed by atoms with Gasteiger partial charge in [-0.1, -0.05) is 6.92 Å². The molecular weight excluding hydrogens is 458 g/mol. The van der Waals surface area contributed by atoms with Gasteiger partial charge in [-0.25, -0.2) is 9.37 Å². The fourth-order valence-corrected chi connectivity index (χ4v) is 3.52. The maximum Gasteiger partial charge on any atom is 0.191 e. The van der Waals surface area contributed by atoms with Crippen LogP contribution in [0, 0.1) is 5.82 Å². The lowest BCUT2D eigenvalue weighted by atomic mass is 10.3. The number of aromatic nitrogens is 1. The Hall–Kier alpha value is -1.16. The molecule has 1 saturated carbocycles. The van der Waals surface area contributed by atoms with E-state index in [1.807, 2.05) is 4.90 Å². The van der Waals surface area contributed by atoms with E-state index in [4.69, 9.17) is 4.99 Å². The summed E-state index contributed by atoms with van der Waals surface area (Å²) in [5.74, 6) is 1.04. The number of anilines is 1. The first-order valence-corrected chi connectivity index (χ1v) is 9.85. The summed E-state index contributed by atoms with van der Waals surface area (Å²) >= 11 is 0. The summed E-state index contributed by atoms with van der Waals surface area (Å²) in [7, 11) is 0. The van der Waals surface area contributed by atoms with E-state index in [9.17, 15) is 4.39 Å². The lowest BCUT2D eigenvalue weighted by Crippen LogP contribution is -2.45. The maximum atomic E-state index is 13.9. The first-order chi connectivity index (χ1) is 12.7. The van der Waals surface area contributed by atoms with Crippen LogP contribution in [0.15, 0.2) is 23.3 Å². The van der Waals surface area contributed by atoms with Gasteiger partial charge in [-0.3, -0.25) is 9.89 Å². The van der Waals surface area contributed by atoms with E-state index in [1.165, 1.54) is 18.9 Å². The molecule has 0 radical (unpaired) electrons. The average molecular weight is 490 g/mol. The van der Waals surface area contributed by atoms with Crippen molar-refractivity contribution in [1.29, 1.82) is 0 Å². The molecule has 0 amide bonds. The zero-order chi connectivity index (χ0) is 18.4. The quantitative estimate of drug-likeness (QED) is 0.333.